The molecule has 0 unspecified atom stereocenters. The Bertz CT molecular complexity index is 717. The van der Waals surface area contributed by atoms with Crippen LogP contribution in [0.1, 0.15) is 37.4 Å². The Kier molecular flexibility index (Phi) is 6.67. The third-order valence-corrected chi connectivity index (χ3v) is 3.17. The summed E-state index contributed by atoms with van der Waals surface area (Å²) in [5.74, 6) is -0.620. The van der Waals surface area contributed by atoms with Gasteiger partial charge in [0.25, 0.3) is 0 Å². The molecule has 8 nitrogen and oxygen atoms in total. The zero-order valence-electron chi connectivity index (χ0n) is 14.4. The predicted octanol–water partition coefficient (Wildman–Crippen LogP) is 3.57. The largest absolute Gasteiger partial charge is 0.462 e. The van der Waals surface area contributed by atoms with Gasteiger partial charge in [-0.05, 0) is 50.2 Å². The number of carbonyl (C=O) groups is 3. The Hall–Kier alpha value is -3.42. The molecule has 1 aromatic carbocycles. The Labute approximate surface area is 153 Å². The maximum Gasteiger partial charge on any atom is 0.339 e. The minimum atomic E-state index is -0.509. The van der Waals surface area contributed by atoms with Gasteiger partial charge < -0.3 is 14.8 Å². The molecule has 0 aliphatic carbocycles. The van der Waals surface area contributed by atoms with E-state index in [1.54, 1.807) is 38.1 Å². The monoisotopic (exact) mass is 361 g/mol. The summed E-state index contributed by atoms with van der Waals surface area (Å²) in [4.78, 5) is 39.1. The summed E-state index contributed by atoms with van der Waals surface area (Å²) in [6, 6.07) is 8.78. The number of amides is 2. The number of benzene rings is 1. The van der Waals surface area contributed by atoms with Crippen molar-refractivity contribution >= 4 is 29.5 Å². The molecule has 140 valence electrons. The minimum Gasteiger partial charge on any atom is -0.462 e. The molecule has 2 aromatic rings. The molecule has 0 aliphatic rings. The number of anilines is 2. The van der Waals surface area contributed by atoms with Crippen molar-refractivity contribution in [1.82, 2.24) is 4.98 Å². The highest BCUT2D eigenvalue weighted by Gasteiger charge is 2.09. The lowest BCUT2D eigenvalue weighted by Crippen LogP contribution is -2.20. The first-order chi connectivity index (χ1) is 12.5. The second kappa shape index (κ2) is 9.16. The van der Waals surface area contributed by atoms with Crippen molar-refractivity contribution in [2.24, 2.45) is 0 Å². The first-order valence-corrected chi connectivity index (χ1v) is 8.01. The normalized spacial score (nSPS) is 9.92. The number of carbonyl (C=O) groups excluding carboxylic acids is 3. The molecule has 8 heteroatoms. The van der Waals surface area contributed by atoms with Gasteiger partial charge >= 0.3 is 18.0 Å². The fraction of sp³-hybridized carbons (Fsp3) is 0.222. The molecule has 2 N–H and O–H groups in total. The lowest BCUT2D eigenvalue weighted by atomic mass is 10.2. The van der Waals surface area contributed by atoms with Crippen LogP contribution >= 0.6 is 0 Å². The number of aromatic nitrogens is 1. The highest BCUT2D eigenvalue weighted by molar-refractivity contribution is 5.99. The Morgan fingerprint density at radius 2 is 1.46 bits per heavy atom. The van der Waals surface area contributed by atoms with Gasteiger partial charge in [-0.3, -0.25) is 5.32 Å². The van der Waals surface area contributed by atoms with Gasteiger partial charge in [-0.15, -0.1) is 0 Å². The quantitative estimate of drug-likeness (QED) is 0.762. The SMILES string of the molecule is CCOC(=O)c1ccc(NC(=O)Nc2ccc(C(=O)OCC)cn2)cc1.[HH].[HH]. The van der Waals surface area contributed by atoms with E-state index in [-0.39, 0.29) is 15.3 Å². The lowest BCUT2D eigenvalue weighted by Gasteiger charge is -2.08. The van der Waals surface area contributed by atoms with Crippen molar-refractivity contribution in [1.29, 1.82) is 0 Å². The van der Waals surface area contributed by atoms with Crippen LogP contribution in [0.5, 0.6) is 0 Å². The number of hydrogen-bond donors (Lipinski definition) is 2. The molecule has 1 heterocycles. The molecule has 2 amide bonds. The van der Waals surface area contributed by atoms with Crippen molar-refractivity contribution in [2.75, 3.05) is 23.8 Å². The molecule has 0 fully saturated rings. The van der Waals surface area contributed by atoms with E-state index in [9.17, 15) is 14.4 Å². The summed E-state index contributed by atoms with van der Waals surface area (Å²) in [7, 11) is 0. The molecule has 0 saturated carbocycles. The van der Waals surface area contributed by atoms with E-state index in [4.69, 9.17) is 9.47 Å². The fourth-order valence-electron chi connectivity index (χ4n) is 1.99. The van der Waals surface area contributed by atoms with Gasteiger partial charge in [0.05, 0.1) is 24.3 Å². The van der Waals surface area contributed by atoms with Gasteiger partial charge in [-0.25, -0.2) is 19.4 Å². The molecule has 0 spiro atoms. The molecule has 26 heavy (non-hydrogen) atoms. The Balaban J connectivity index is 0.00000364. The van der Waals surface area contributed by atoms with Crippen LogP contribution in [0.3, 0.4) is 0 Å². The first kappa shape index (κ1) is 18.9. The summed E-state index contributed by atoms with van der Waals surface area (Å²) in [5.41, 5.74) is 1.19. The molecule has 0 atom stereocenters. The highest BCUT2D eigenvalue weighted by atomic mass is 16.5. The van der Waals surface area contributed by atoms with E-state index in [2.05, 4.69) is 15.6 Å². The average Bonchev–Trinajstić information content (AvgIpc) is 2.63. The van der Waals surface area contributed by atoms with Crippen molar-refractivity contribution in [3.8, 4) is 0 Å². The van der Waals surface area contributed by atoms with Crippen molar-refractivity contribution in [3.05, 3.63) is 53.7 Å². The van der Waals surface area contributed by atoms with Crippen LogP contribution in [0.15, 0.2) is 42.6 Å². The van der Waals surface area contributed by atoms with Gasteiger partial charge in [0.1, 0.15) is 5.82 Å². The van der Waals surface area contributed by atoms with Crippen LogP contribution < -0.4 is 10.6 Å². The van der Waals surface area contributed by atoms with E-state index in [0.717, 1.165) is 0 Å². The first-order valence-electron chi connectivity index (χ1n) is 8.01. The van der Waals surface area contributed by atoms with Crippen LogP contribution in [0.2, 0.25) is 0 Å². The zero-order chi connectivity index (χ0) is 18.9. The van der Waals surface area contributed by atoms with Gasteiger partial charge in [0.15, 0.2) is 0 Å². The number of urea groups is 1. The molecule has 0 aliphatic heterocycles. The van der Waals surface area contributed by atoms with Crippen LogP contribution in [0, 0.1) is 0 Å². The maximum absolute atomic E-state index is 12.0. The van der Waals surface area contributed by atoms with Crippen LogP contribution in [0.4, 0.5) is 16.3 Å². The third kappa shape index (κ3) is 5.30. The van der Waals surface area contributed by atoms with E-state index in [1.807, 2.05) is 0 Å². The fourth-order valence-corrected chi connectivity index (χ4v) is 1.99. The minimum absolute atomic E-state index is 0. The number of rotatable bonds is 6. The van der Waals surface area contributed by atoms with Crippen LogP contribution in [0.25, 0.3) is 0 Å². The van der Waals surface area contributed by atoms with Crippen molar-refractivity contribution in [2.45, 2.75) is 13.8 Å². The number of nitrogens with zero attached hydrogens (tertiary/aromatic N) is 1. The second-order valence-electron chi connectivity index (χ2n) is 5.03. The van der Waals surface area contributed by atoms with Gasteiger partial charge in [-0.1, -0.05) is 0 Å². The summed E-state index contributed by atoms with van der Waals surface area (Å²) in [6.07, 6.45) is 1.32. The smallest absolute Gasteiger partial charge is 0.339 e. The van der Waals surface area contributed by atoms with Crippen molar-refractivity contribution in [3.63, 3.8) is 0 Å². The lowest BCUT2D eigenvalue weighted by molar-refractivity contribution is 0.0516. The molecule has 0 saturated heterocycles. The number of esters is 2. The van der Waals surface area contributed by atoms with E-state index in [0.29, 0.717) is 23.4 Å². The third-order valence-electron chi connectivity index (χ3n) is 3.17. The zero-order valence-corrected chi connectivity index (χ0v) is 14.4. The van der Waals surface area contributed by atoms with E-state index >= 15 is 0 Å². The summed E-state index contributed by atoms with van der Waals surface area (Å²) < 4.78 is 9.75. The van der Waals surface area contributed by atoms with Crippen LogP contribution in [-0.4, -0.2) is 36.2 Å². The maximum atomic E-state index is 12.0. The molecule has 2 rings (SSSR count). The van der Waals surface area contributed by atoms with Gasteiger partial charge in [0.2, 0.25) is 0 Å². The number of pyridine rings is 1. The summed E-state index contributed by atoms with van der Waals surface area (Å²) >= 11 is 0. The molecular formula is C18H23N3O5. The topological polar surface area (TPSA) is 107 Å². The summed E-state index contributed by atoms with van der Waals surface area (Å²) in [5, 5.41) is 5.15. The second-order valence-corrected chi connectivity index (χ2v) is 5.03. The number of hydrogen-bond acceptors (Lipinski definition) is 6. The average molecular weight is 361 g/mol. The Morgan fingerprint density at radius 1 is 0.885 bits per heavy atom. The van der Waals surface area contributed by atoms with Gasteiger partial charge in [-0.2, -0.15) is 0 Å². The van der Waals surface area contributed by atoms with E-state index in [1.165, 1.54) is 18.3 Å². The van der Waals surface area contributed by atoms with Crippen LogP contribution in [-0.2, 0) is 9.47 Å². The predicted molar refractivity (Wildman–Crippen MR) is 99.5 cm³/mol. The standard InChI is InChI=1S/C18H19N3O5.2H2/c1-3-25-16(22)12-5-8-14(9-6-12)20-18(24)21-15-10-7-13(11-19-15)17(23)26-4-2;;/h5-11H,3-4H2,1-2H3,(H2,19,20,21,24);2*1H. The molecule has 1 aromatic heterocycles. The Morgan fingerprint density at radius 3 is 2.00 bits per heavy atom. The van der Waals surface area contributed by atoms with E-state index < -0.39 is 18.0 Å². The van der Waals surface area contributed by atoms with Gasteiger partial charge in [0, 0.05) is 14.7 Å². The highest BCUT2D eigenvalue weighted by Crippen LogP contribution is 2.12. The summed E-state index contributed by atoms with van der Waals surface area (Å²) in [6.45, 7) is 4.01. The van der Waals surface area contributed by atoms with Crippen molar-refractivity contribution < 1.29 is 26.7 Å². The molecule has 0 radical (unpaired) electrons. The number of ether oxygens (including phenoxy) is 2. The molecular weight excluding hydrogens is 338 g/mol. The number of nitrogens with one attached hydrogen (secondary N) is 2. The molecule has 0 bridgehead atoms.